The molecule has 2 heterocycles. The molecule has 2 atom stereocenters. The number of aliphatic hydroxyl groups is 1. The summed E-state index contributed by atoms with van der Waals surface area (Å²) in [5.74, 6) is 0.212. The Hall–Kier alpha value is -2.25. The number of β-amino-alcohol motifs (C(OH)–C–C–N with tert-alkyl or cyclic N) is 1. The Kier molecular flexibility index (Phi) is 7.81. The molecule has 0 spiro atoms. The molecule has 1 N–H and O–H groups in total. The molecule has 1 aliphatic rings. The van der Waals surface area contributed by atoms with Crippen LogP contribution in [0, 0.1) is 11.7 Å². The second-order valence-corrected chi connectivity index (χ2v) is 9.29. The number of carbonyl (C=O) groups is 1. The van der Waals surface area contributed by atoms with Crippen LogP contribution in [-0.4, -0.2) is 53.1 Å². The van der Waals surface area contributed by atoms with Crippen molar-refractivity contribution in [1.82, 2.24) is 9.88 Å². The summed E-state index contributed by atoms with van der Waals surface area (Å²) in [6.45, 7) is 2.22. The van der Waals surface area contributed by atoms with Gasteiger partial charge < -0.3 is 14.7 Å². The van der Waals surface area contributed by atoms with Gasteiger partial charge in [0, 0.05) is 36.0 Å². The summed E-state index contributed by atoms with van der Waals surface area (Å²) in [4.78, 5) is 19.3. The number of pyridine rings is 1. The van der Waals surface area contributed by atoms with Gasteiger partial charge in [-0.15, -0.1) is 0 Å². The first-order valence-corrected chi connectivity index (χ1v) is 11.7. The molecular weight excluding hydrogens is 466 g/mol. The van der Waals surface area contributed by atoms with Gasteiger partial charge in [0.1, 0.15) is 30.0 Å². The van der Waals surface area contributed by atoms with E-state index < -0.39 is 11.9 Å². The first-order valence-electron chi connectivity index (χ1n) is 10.9. The van der Waals surface area contributed by atoms with Crippen molar-refractivity contribution in [3.05, 3.63) is 70.1 Å². The van der Waals surface area contributed by atoms with Gasteiger partial charge in [0.2, 0.25) is 0 Å². The van der Waals surface area contributed by atoms with Crippen LogP contribution < -0.4 is 4.74 Å². The van der Waals surface area contributed by atoms with Crippen LogP contribution in [0.4, 0.5) is 4.39 Å². The van der Waals surface area contributed by atoms with Crippen LogP contribution in [0.5, 0.6) is 5.75 Å². The molecule has 0 bridgehead atoms. The van der Waals surface area contributed by atoms with Gasteiger partial charge in [-0.25, -0.2) is 9.37 Å². The van der Waals surface area contributed by atoms with Crippen LogP contribution in [-0.2, 0) is 0 Å². The lowest BCUT2D eigenvalue weighted by Crippen LogP contribution is -2.34. The quantitative estimate of drug-likeness (QED) is 0.406. The third-order valence-corrected chi connectivity index (χ3v) is 6.43. The predicted octanol–water partition coefficient (Wildman–Crippen LogP) is 5.41. The molecule has 0 amide bonds. The maximum Gasteiger partial charge on any atom is 0.181 e. The number of benzene rings is 2. The smallest absolute Gasteiger partial charge is 0.181 e. The first-order chi connectivity index (χ1) is 15.9. The van der Waals surface area contributed by atoms with Crippen molar-refractivity contribution in [1.29, 1.82) is 0 Å². The Bertz CT molecular complexity index is 1140. The van der Waals surface area contributed by atoms with Gasteiger partial charge in [-0.3, -0.25) is 4.79 Å². The molecule has 0 aliphatic carbocycles. The molecular formula is C25H25Cl2FN2O3. The predicted molar refractivity (Wildman–Crippen MR) is 128 cm³/mol. The number of halogens is 3. The lowest BCUT2D eigenvalue weighted by atomic mass is 9.99. The number of likely N-dealkylation sites (tertiary alicyclic amines) is 1. The van der Waals surface area contributed by atoms with Crippen molar-refractivity contribution >= 4 is 39.9 Å². The molecule has 0 saturated carbocycles. The van der Waals surface area contributed by atoms with E-state index in [-0.39, 0.29) is 17.4 Å². The molecule has 0 radical (unpaired) electrons. The Morgan fingerprint density at radius 2 is 2.06 bits per heavy atom. The zero-order valence-corrected chi connectivity index (χ0v) is 19.5. The Balaban J connectivity index is 1.21. The molecule has 174 valence electrons. The fourth-order valence-corrected chi connectivity index (χ4v) is 4.44. The van der Waals surface area contributed by atoms with Gasteiger partial charge in [-0.1, -0.05) is 29.3 Å². The minimum atomic E-state index is -0.695. The number of ketones is 1. The van der Waals surface area contributed by atoms with Crippen LogP contribution >= 0.6 is 23.2 Å². The van der Waals surface area contributed by atoms with Gasteiger partial charge in [0.25, 0.3) is 0 Å². The van der Waals surface area contributed by atoms with Crippen LogP contribution in [0.1, 0.15) is 29.8 Å². The number of hydrogen-bond acceptors (Lipinski definition) is 5. The fourth-order valence-electron chi connectivity index (χ4n) is 4.14. The van der Waals surface area contributed by atoms with Gasteiger partial charge >= 0.3 is 0 Å². The van der Waals surface area contributed by atoms with Gasteiger partial charge in [-0.05, 0) is 61.7 Å². The number of Topliss-reactive ketones (excluding diaryl/α,β-unsaturated/α-hetero) is 1. The van der Waals surface area contributed by atoms with Gasteiger partial charge in [0.15, 0.2) is 5.78 Å². The minimum absolute atomic E-state index is 0.0331. The molecule has 1 saturated heterocycles. The Morgan fingerprint density at radius 3 is 2.88 bits per heavy atom. The van der Waals surface area contributed by atoms with E-state index in [9.17, 15) is 14.3 Å². The highest BCUT2D eigenvalue weighted by Gasteiger charge is 2.25. The highest BCUT2D eigenvalue weighted by Crippen LogP contribution is 2.24. The van der Waals surface area contributed by atoms with Crippen molar-refractivity contribution < 1.29 is 19.0 Å². The van der Waals surface area contributed by atoms with Crippen LogP contribution in [0.2, 0.25) is 10.0 Å². The zero-order chi connectivity index (χ0) is 23.4. The second-order valence-electron chi connectivity index (χ2n) is 8.45. The number of nitrogens with zero attached hydrogens (tertiary/aromatic N) is 2. The summed E-state index contributed by atoms with van der Waals surface area (Å²) in [6, 6.07) is 13.3. The lowest BCUT2D eigenvalue weighted by molar-refractivity contribution is 0.0742. The van der Waals surface area contributed by atoms with Crippen molar-refractivity contribution in [3.63, 3.8) is 0 Å². The molecule has 1 aromatic heterocycles. The molecule has 5 nitrogen and oxygen atoms in total. The summed E-state index contributed by atoms with van der Waals surface area (Å²) in [5, 5.41) is 11.9. The third kappa shape index (κ3) is 6.42. The van der Waals surface area contributed by atoms with E-state index in [0.717, 1.165) is 36.8 Å². The molecule has 1 unspecified atom stereocenters. The average molecular weight is 491 g/mol. The number of fused-ring (bicyclic) bond motifs is 1. The van der Waals surface area contributed by atoms with Crippen LogP contribution in [0.25, 0.3) is 10.9 Å². The van der Waals surface area contributed by atoms with E-state index in [4.69, 9.17) is 27.9 Å². The maximum absolute atomic E-state index is 13.5. The summed E-state index contributed by atoms with van der Waals surface area (Å²) in [6.07, 6.45) is 1.51. The molecule has 1 aliphatic heterocycles. The second kappa shape index (κ2) is 10.8. The number of hydrogen-bond donors (Lipinski definition) is 1. The minimum Gasteiger partial charge on any atom is -0.491 e. The normalized spacial score (nSPS) is 17.4. The molecule has 4 rings (SSSR count). The molecule has 2 aromatic carbocycles. The number of carbonyl (C=O) groups excluding carboxylic acids is 1. The average Bonchev–Trinajstić information content (AvgIpc) is 3.25. The molecule has 3 aromatic rings. The Labute approximate surface area is 202 Å². The topological polar surface area (TPSA) is 62.7 Å². The number of rotatable bonds is 9. The molecule has 33 heavy (non-hydrogen) atoms. The Morgan fingerprint density at radius 1 is 1.21 bits per heavy atom. The van der Waals surface area contributed by atoms with E-state index in [1.165, 1.54) is 12.1 Å². The standard InChI is InChI=1S/C25H25Cl2FN2O3/c26-18-3-7-23-17(11-18)2-6-24(29-23)25(32)8-1-16-9-10-30(13-16)14-19(31)15-33-20-4-5-21(27)22(28)12-20/h2-7,11-12,16,19,31H,1,8-10,13-15H2/t16?,19-/m0/s1. The van der Waals surface area contributed by atoms with E-state index in [2.05, 4.69) is 9.88 Å². The highest BCUT2D eigenvalue weighted by molar-refractivity contribution is 6.31. The van der Waals surface area contributed by atoms with Gasteiger partial charge in [-0.2, -0.15) is 0 Å². The largest absolute Gasteiger partial charge is 0.491 e. The van der Waals surface area contributed by atoms with E-state index in [1.807, 2.05) is 18.2 Å². The van der Waals surface area contributed by atoms with E-state index in [0.29, 0.717) is 35.3 Å². The third-order valence-electron chi connectivity index (χ3n) is 5.89. The van der Waals surface area contributed by atoms with Crippen molar-refractivity contribution in [3.8, 4) is 5.75 Å². The van der Waals surface area contributed by atoms with Crippen molar-refractivity contribution in [2.24, 2.45) is 5.92 Å². The highest BCUT2D eigenvalue weighted by atomic mass is 35.5. The summed E-state index contributed by atoms with van der Waals surface area (Å²) in [7, 11) is 0. The van der Waals surface area contributed by atoms with Crippen molar-refractivity contribution in [2.45, 2.75) is 25.4 Å². The summed E-state index contributed by atoms with van der Waals surface area (Å²) < 4.78 is 19.0. The van der Waals surface area contributed by atoms with Gasteiger partial charge in [0.05, 0.1) is 10.5 Å². The maximum atomic E-state index is 13.5. The SMILES string of the molecule is O=C(CCC1CCN(C[C@H](O)COc2ccc(Cl)c(F)c2)C1)c1ccc2cc(Cl)ccc2n1. The number of aromatic nitrogens is 1. The molecule has 1 fully saturated rings. The number of aliphatic hydroxyl groups excluding tert-OH is 1. The fraction of sp³-hybridized carbons (Fsp3) is 0.360. The lowest BCUT2D eigenvalue weighted by Gasteiger charge is -2.20. The first kappa shape index (κ1) is 23.9. The monoisotopic (exact) mass is 490 g/mol. The summed E-state index contributed by atoms with van der Waals surface area (Å²) >= 11 is 11.7. The van der Waals surface area contributed by atoms with E-state index >= 15 is 0 Å². The van der Waals surface area contributed by atoms with Crippen molar-refractivity contribution in [2.75, 3.05) is 26.2 Å². The van der Waals surface area contributed by atoms with E-state index in [1.54, 1.807) is 18.2 Å². The number of ether oxygens (including phenoxy) is 1. The molecule has 8 heteroatoms. The summed E-state index contributed by atoms with van der Waals surface area (Å²) in [5.41, 5.74) is 1.24. The zero-order valence-electron chi connectivity index (χ0n) is 18.0. The van der Waals surface area contributed by atoms with Crippen LogP contribution in [0.15, 0.2) is 48.5 Å². The van der Waals surface area contributed by atoms with Crippen LogP contribution in [0.3, 0.4) is 0 Å².